The molecule has 0 aliphatic carbocycles. The number of aryl methyl sites for hydroxylation is 1. The van der Waals surface area contributed by atoms with E-state index in [4.69, 9.17) is 0 Å². The first kappa shape index (κ1) is 16.7. The van der Waals surface area contributed by atoms with Crippen LogP contribution in [-0.2, 0) is 6.54 Å². The fraction of sp³-hybridized carbons (Fsp3) is 0.800. The summed E-state index contributed by atoms with van der Waals surface area (Å²) in [6, 6.07) is 0.407. The summed E-state index contributed by atoms with van der Waals surface area (Å²) in [5.74, 6) is 0. The van der Waals surface area contributed by atoms with E-state index in [-0.39, 0.29) is 0 Å². The molecule has 19 heavy (non-hydrogen) atoms. The molecular formula is C15H28BrN3. The SMILES string of the molecule is CCCCCCCC(NC)c1c(Br)cnn1CCC. The maximum atomic E-state index is 4.46. The van der Waals surface area contributed by atoms with Crippen LogP contribution in [0.2, 0.25) is 0 Å². The van der Waals surface area contributed by atoms with Gasteiger partial charge in [0, 0.05) is 6.54 Å². The van der Waals surface area contributed by atoms with Gasteiger partial charge in [-0.25, -0.2) is 0 Å². The van der Waals surface area contributed by atoms with Crippen LogP contribution in [0.15, 0.2) is 10.7 Å². The summed E-state index contributed by atoms with van der Waals surface area (Å²) >= 11 is 3.64. The van der Waals surface area contributed by atoms with Crippen molar-refractivity contribution in [3.8, 4) is 0 Å². The van der Waals surface area contributed by atoms with Crippen LogP contribution < -0.4 is 5.32 Å². The lowest BCUT2D eigenvalue weighted by molar-refractivity contribution is 0.453. The van der Waals surface area contributed by atoms with Crippen LogP contribution in [0.25, 0.3) is 0 Å². The maximum Gasteiger partial charge on any atom is 0.0695 e. The van der Waals surface area contributed by atoms with Gasteiger partial charge in [0.1, 0.15) is 0 Å². The lowest BCUT2D eigenvalue weighted by Gasteiger charge is -2.18. The molecule has 1 rings (SSSR count). The third kappa shape index (κ3) is 5.27. The van der Waals surface area contributed by atoms with Gasteiger partial charge < -0.3 is 5.32 Å². The summed E-state index contributed by atoms with van der Waals surface area (Å²) in [7, 11) is 2.05. The molecule has 1 atom stereocenters. The second kappa shape index (κ2) is 9.54. The van der Waals surface area contributed by atoms with Gasteiger partial charge in [0.2, 0.25) is 0 Å². The van der Waals surface area contributed by atoms with Gasteiger partial charge in [-0.15, -0.1) is 0 Å². The van der Waals surface area contributed by atoms with E-state index in [2.05, 4.69) is 44.9 Å². The predicted octanol–water partition coefficient (Wildman–Crippen LogP) is 4.68. The van der Waals surface area contributed by atoms with E-state index >= 15 is 0 Å². The van der Waals surface area contributed by atoms with Crippen molar-refractivity contribution in [2.24, 2.45) is 0 Å². The number of unbranched alkanes of at least 4 members (excludes halogenated alkanes) is 4. The highest BCUT2D eigenvalue weighted by Gasteiger charge is 2.17. The number of nitrogens with zero attached hydrogens (tertiary/aromatic N) is 2. The van der Waals surface area contributed by atoms with Crippen molar-refractivity contribution in [1.29, 1.82) is 0 Å². The fourth-order valence-corrected chi connectivity index (χ4v) is 3.05. The highest BCUT2D eigenvalue weighted by Crippen LogP contribution is 2.27. The van der Waals surface area contributed by atoms with Gasteiger partial charge in [-0.1, -0.05) is 46.0 Å². The maximum absolute atomic E-state index is 4.46. The molecule has 0 aliphatic heterocycles. The molecule has 0 fully saturated rings. The predicted molar refractivity (Wildman–Crippen MR) is 85.4 cm³/mol. The van der Waals surface area contributed by atoms with E-state index in [1.54, 1.807) is 0 Å². The summed E-state index contributed by atoms with van der Waals surface area (Å²) in [5, 5.41) is 7.91. The van der Waals surface area contributed by atoms with Crippen molar-refractivity contribution in [2.75, 3.05) is 7.05 Å². The number of halogens is 1. The fourth-order valence-electron chi connectivity index (χ4n) is 2.48. The first-order chi connectivity index (χ1) is 9.24. The van der Waals surface area contributed by atoms with Crippen LogP contribution in [0, 0.1) is 0 Å². The van der Waals surface area contributed by atoms with Gasteiger partial charge >= 0.3 is 0 Å². The smallest absolute Gasteiger partial charge is 0.0695 e. The molecule has 1 heterocycles. The summed E-state index contributed by atoms with van der Waals surface area (Å²) in [6.45, 7) is 5.45. The van der Waals surface area contributed by atoms with Gasteiger partial charge in [0.15, 0.2) is 0 Å². The topological polar surface area (TPSA) is 29.9 Å². The Kier molecular flexibility index (Phi) is 8.38. The molecule has 1 aromatic heterocycles. The molecule has 0 spiro atoms. The standard InChI is InChI=1S/C15H28BrN3/c1-4-6-7-8-9-10-14(17-3)15-13(16)12-18-19(15)11-5-2/h12,14,17H,4-11H2,1-3H3. The number of aromatic nitrogens is 2. The summed E-state index contributed by atoms with van der Waals surface area (Å²) in [6.07, 6.45) is 10.9. The Hall–Kier alpha value is -0.350. The van der Waals surface area contributed by atoms with E-state index in [1.807, 2.05) is 13.2 Å². The van der Waals surface area contributed by atoms with E-state index in [0.717, 1.165) is 17.4 Å². The molecule has 0 saturated carbocycles. The monoisotopic (exact) mass is 329 g/mol. The number of hydrogen-bond acceptors (Lipinski definition) is 2. The molecule has 0 radical (unpaired) electrons. The highest BCUT2D eigenvalue weighted by atomic mass is 79.9. The van der Waals surface area contributed by atoms with E-state index in [1.165, 1.54) is 44.2 Å². The molecule has 1 aromatic rings. The van der Waals surface area contributed by atoms with Crippen LogP contribution in [0.3, 0.4) is 0 Å². The minimum absolute atomic E-state index is 0.407. The Labute approximate surface area is 126 Å². The van der Waals surface area contributed by atoms with Crippen LogP contribution in [0.4, 0.5) is 0 Å². The highest BCUT2D eigenvalue weighted by molar-refractivity contribution is 9.10. The molecule has 110 valence electrons. The Bertz CT molecular complexity index is 349. The second-order valence-electron chi connectivity index (χ2n) is 5.15. The lowest BCUT2D eigenvalue weighted by Crippen LogP contribution is -2.21. The molecule has 0 saturated heterocycles. The van der Waals surface area contributed by atoms with E-state index in [0.29, 0.717) is 6.04 Å². The first-order valence-corrected chi connectivity index (χ1v) is 8.42. The average Bonchev–Trinajstić information content (AvgIpc) is 2.76. The molecular weight excluding hydrogens is 302 g/mol. The van der Waals surface area contributed by atoms with Crippen LogP contribution in [0.5, 0.6) is 0 Å². The van der Waals surface area contributed by atoms with Crippen molar-refractivity contribution in [3.05, 3.63) is 16.4 Å². The normalized spacial score (nSPS) is 12.8. The summed E-state index contributed by atoms with van der Waals surface area (Å²) < 4.78 is 3.27. The Morgan fingerprint density at radius 1 is 1.21 bits per heavy atom. The van der Waals surface area contributed by atoms with Crippen LogP contribution >= 0.6 is 15.9 Å². The molecule has 1 N–H and O–H groups in total. The van der Waals surface area contributed by atoms with Crippen molar-refractivity contribution in [3.63, 3.8) is 0 Å². The van der Waals surface area contributed by atoms with E-state index in [9.17, 15) is 0 Å². The van der Waals surface area contributed by atoms with Gasteiger partial charge in [0.05, 0.1) is 22.4 Å². The quantitative estimate of drug-likeness (QED) is 0.632. The third-order valence-corrected chi connectivity index (χ3v) is 4.15. The average molecular weight is 330 g/mol. The zero-order valence-electron chi connectivity index (χ0n) is 12.6. The number of nitrogens with one attached hydrogen (secondary N) is 1. The molecule has 0 aliphatic rings. The molecule has 3 nitrogen and oxygen atoms in total. The first-order valence-electron chi connectivity index (χ1n) is 7.63. The van der Waals surface area contributed by atoms with Crippen molar-refractivity contribution < 1.29 is 0 Å². The van der Waals surface area contributed by atoms with Crippen LogP contribution in [0.1, 0.15) is 70.5 Å². The zero-order valence-corrected chi connectivity index (χ0v) is 14.2. The third-order valence-electron chi connectivity index (χ3n) is 3.54. The minimum atomic E-state index is 0.407. The van der Waals surface area contributed by atoms with Gasteiger partial charge in [0.25, 0.3) is 0 Å². The van der Waals surface area contributed by atoms with Crippen LogP contribution in [-0.4, -0.2) is 16.8 Å². The van der Waals surface area contributed by atoms with Gasteiger partial charge in [-0.2, -0.15) is 5.10 Å². The van der Waals surface area contributed by atoms with Crippen molar-refractivity contribution in [1.82, 2.24) is 15.1 Å². The zero-order chi connectivity index (χ0) is 14.1. The van der Waals surface area contributed by atoms with Gasteiger partial charge in [-0.3, -0.25) is 4.68 Å². The molecule has 0 bridgehead atoms. The number of rotatable bonds is 10. The largest absolute Gasteiger partial charge is 0.312 e. The van der Waals surface area contributed by atoms with Crippen molar-refractivity contribution >= 4 is 15.9 Å². The Morgan fingerprint density at radius 2 is 1.95 bits per heavy atom. The molecule has 1 unspecified atom stereocenters. The molecule has 0 aromatic carbocycles. The minimum Gasteiger partial charge on any atom is -0.312 e. The number of hydrogen-bond donors (Lipinski definition) is 1. The van der Waals surface area contributed by atoms with E-state index < -0.39 is 0 Å². The molecule has 0 amide bonds. The Morgan fingerprint density at radius 3 is 2.58 bits per heavy atom. The van der Waals surface area contributed by atoms with Gasteiger partial charge in [-0.05, 0) is 35.8 Å². The Balaban J connectivity index is 2.56. The summed E-state index contributed by atoms with van der Waals surface area (Å²) in [5.41, 5.74) is 1.31. The lowest BCUT2D eigenvalue weighted by atomic mass is 10.0. The van der Waals surface area contributed by atoms with Crippen molar-refractivity contribution in [2.45, 2.75) is 71.4 Å². The molecule has 4 heteroatoms. The summed E-state index contributed by atoms with van der Waals surface area (Å²) in [4.78, 5) is 0. The second-order valence-corrected chi connectivity index (χ2v) is 6.00.